The van der Waals surface area contributed by atoms with Crippen LogP contribution in [0.15, 0.2) is 91.1 Å². The quantitative estimate of drug-likeness (QED) is 0.0550. The van der Waals surface area contributed by atoms with Gasteiger partial charge in [-0.2, -0.15) is 0 Å². The predicted molar refractivity (Wildman–Crippen MR) is 182 cm³/mol. The molecule has 1 atom stereocenters. The number of nitrogens with one attached hydrogen (secondary N) is 1. The van der Waals surface area contributed by atoms with Crippen LogP contribution in [0.25, 0.3) is 0 Å². The third kappa shape index (κ3) is 20.3. The van der Waals surface area contributed by atoms with Crippen molar-refractivity contribution in [3.8, 4) is 5.75 Å². The molecule has 1 aromatic rings. The lowest BCUT2D eigenvalue weighted by molar-refractivity contribution is -0.139. The zero-order valence-electron chi connectivity index (χ0n) is 27.2. The molecule has 1 aromatic carbocycles. The SMILES string of the molecule is CC/C=C\C/C=C\C/C=C\C/C=C\C/C=C\C/C=C\CCC(=O)CCCCC(NC(=O)c1ccc(C)cc1OC(C)=O)C(=O)O. The first kappa shape index (κ1) is 38.8. The van der Waals surface area contributed by atoms with Crippen LogP contribution in [0.1, 0.15) is 107 Å². The molecule has 0 spiro atoms. The van der Waals surface area contributed by atoms with Gasteiger partial charge in [0.05, 0.1) is 5.56 Å². The lowest BCUT2D eigenvalue weighted by atomic mass is 10.0. The molecule has 244 valence electrons. The fraction of sp³-hybridized carbons (Fsp3) is 0.421. The Labute approximate surface area is 269 Å². The number of rotatable bonds is 23. The van der Waals surface area contributed by atoms with E-state index in [-0.39, 0.29) is 23.5 Å². The van der Waals surface area contributed by atoms with E-state index in [1.54, 1.807) is 19.1 Å². The molecule has 0 fully saturated rings. The Hall–Kier alpha value is -4.26. The standard InChI is InChI=1S/C38H51NO6/c1-4-5-6-7-8-9-10-11-12-13-14-15-16-17-18-19-20-21-22-25-33(41)26-23-24-27-35(38(43)44)39-37(42)34-29-28-31(2)30-36(34)45-32(3)40/h5-6,8-9,11-12,14-15,17-18,20-21,28-30,35H,4,7,10,13,16,19,22-27H2,1-3H3,(H,39,42)(H,43,44)/b6-5-,9-8-,12-11-,15-14-,18-17-,21-20-. The molecule has 0 aliphatic heterocycles. The molecule has 1 rings (SSSR count). The van der Waals surface area contributed by atoms with Gasteiger partial charge in [-0.05, 0) is 82.4 Å². The number of aliphatic carboxylic acids is 1. The average molecular weight is 618 g/mol. The van der Waals surface area contributed by atoms with Crippen molar-refractivity contribution in [1.82, 2.24) is 5.32 Å². The highest BCUT2D eigenvalue weighted by Gasteiger charge is 2.23. The van der Waals surface area contributed by atoms with E-state index in [9.17, 15) is 24.3 Å². The van der Waals surface area contributed by atoms with Gasteiger partial charge in [0.2, 0.25) is 0 Å². The number of Topliss-reactive ketones (excluding diaryl/α,β-unsaturated/α-hetero) is 1. The number of carbonyl (C=O) groups is 4. The summed E-state index contributed by atoms with van der Waals surface area (Å²) in [6, 6.07) is 3.62. The summed E-state index contributed by atoms with van der Waals surface area (Å²) < 4.78 is 5.12. The smallest absolute Gasteiger partial charge is 0.326 e. The van der Waals surface area contributed by atoms with Crippen LogP contribution in [0.4, 0.5) is 0 Å². The lowest BCUT2D eigenvalue weighted by Gasteiger charge is -2.16. The summed E-state index contributed by atoms with van der Waals surface area (Å²) in [5.74, 6) is -2.15. The predicted octanol–water partition coefficient (Wildman–Crippen LogP) is 8.71. The molecule has 7 nitrogen and oxygen atoms in total. The minimum atomic E-state index is -1.16. The molecule has 1 amide bonds. The van der Waals surface area contributed by atoms with E-state index >= 15 is 0 Å². The molecule has 0 saturated heterocycles. The van der Waals surface area contributed by atoms with Crippen molar-refractivity contribution >= 4 is 23.6 Å². The lowest BCUT2D eigenvalue weighted by Crippen LogP contribution is -2.41. The number of hydrogen-bond acceptors (Lipinski definition) is 5. The van der Waals surface area contributed by atoms with Crippen LogP contribution >= 0.6 is 0 Å². The Morgan fingerprint density at radius 1 is 0.778 bits per heavy atom. The minimum Gasteiger partial charge on any atom is -0.480 e. The third-order valence-electron chi connectivity index (χ3n) is 6.62. The second-order valence-electron chi connectivity index (χ2n) is 10.7. The normalized spacial score (nSPS) is 12.8. The van der Waals surface area contributed by atoms with Crippen LogP contribution in [0.3, 0.4) is 0 Å². The Kier molecular flexibility index (Phi) is 21.6. The van der Waals surface area contributed by atoms with E-state index in [1.165, 1.54) is 13.0 Å². The zero-order chi connectivity index (χ0) is 33.1. The maximum atomic E-state index is 12.7. The summed E-state index contributed by atoms with van der Waals surface area (Å²) >= 11 is 0. The van der Waals surface area contributed by atoms with Crippen LogP contribution in [0.2, 0.25) is 0 Å². The summed E-state index contributed by atoms with van der Waals surface area (Å²) in [6.45, 7) is 5.16. The first-order valence-electron chi connectivity index (χ1n) is 16.0. The van der Waals surface area contributed by atoms with Crippen molar-refractivity contribution in [1.29, 1.82) is 0 Å². The third-order valence-corrected chi connectivity index (χ3v) is 6.62. The van der Waals surface area contributed by atoms with E-state index in [0.29, 0.717) is 32.1 Å². The summed E-state index contributed by atoms with van der Waals surface area (Å²) in [4.78, 5) is 48.1. The molecular weight excluding hydrogens is 566 g/mol. The van der Waals surface area contributed by atoms with E-state index in [1.807, 2.05) is 6.08 Å². The molecule has 7 heteroatoms. The highest BCUT2D eigenvalue weighted by molar-refractivity contribution is 5.99. The van der Waals surface area contributed by atoms with Gasteiger partial charge in [-0.25, -0.2) is 4.79 Å². The second-order valence-corrected chi connectivity index (χ2v) is 10.7. The number of aryl methyl sites for hydroxylation is 1. The molecular formula is C38H51NO6. The van der Waals surface area contributed by atoms with Crippen molar-refractivity contribution in [2.75, 3.05) is 0 Å². The molecule has 2 N–H and O–H groups in total. The largest absolute Gasteiger partial charge is 0.480 e. The number of unbranched alkanes of at least 4 members (excludes halogenated alkanes) is 1. The number of ether oxygens (including phenoxy) is 1. The van der Waals surface area contributed by atoms with E-state index < -0.39 is 23.9 Å². The van der Waals surface area contributed by atoms with E-state index in [2.05, 4.69) is 79.1 Å². The van der Waals surface area contributed by atoms with Crippen LogP contribution < -0.4 is 10.1 Å². The topological polar surface area (TPSA) is 110 Å². The fourth-order valence-electron chi connectivity index (χ4n) is 4.23. The minimum absolute atomic E-state index is 0.0849. The van der Waals surface area contributed by atoms with Crippen molar-refractivity contribution in [2.45, 2.75) is 104 Å². The number of ketones is 1. The summed E-state index contributed by atoms with van der Waals surface area (Å²) in [5, 5.41) is 12.1. The van der Waals surface area contributed by atoms with Gasteiger partial charge in [0.25, 0.3) is 5.91 Å². The van der Waals surface area contributed by atoms with Crippen molar-refractivity contribution < 1.29 is 29.0 Å². The van der Waals surface area contributed by atoms with Crippen LogP contribution in [0.5, 0.6) is 5.75 Å². The van der Waals surface area contributed by atoms with Gasteiger partial charge in [0.1, 0.15) is 17.6 Å². The summed E-state index contributed by atoms with van der Waals surface area (Å²) in [6.07, 6.45) is 34.2. The van der Waals surface area contributed by atoms with Gasteiger partial charge in [-0.15, -0.1) is 0 Å². The molecule has 0 aliphatic carbocycles. The molecule has 0 saturated carbocycles. The number of hydrogen-bond donors (Lipinski definition) is 2. The van der Waals surface area contributed by atoms with Gasteiger partial charge in [0, 0.05) is 19.8 Å². The maximum Gasteiger partial charge on any atom is 0.326 e. The van der Waals surface area contributed by atoms with Crippen LogP contribution in [-0.2, 0) is 14.4 Å². The Morgan fingerprint density at radius 3 is 1.82 bits per heavy atom. The highest BCUT2D eigenvalue weighted by Crippen LogP contribution is 2.21. The number of allylic oxidation sites excluding steroid dienone is 12. The van der Waals surface area contributed by atoms with Crippen LogP contribution in [-0.4, -0.2) is 34.8 Å². The number of carboxylic acids is 1. The van der Waals surface area contributed by atoms with Gasteiger partial charge >= 0.3 is 11.9 Å². The fourth-order valence-corrected chi connectivity index (χ4v) is 4.23. The molecule has 1 unspecified atom stereocenters. The Balaban J connectivity index is 2.21. The summed E-state index contributed by atoms with van der Waals surface area (Å²) in [7, 11) is 0. The first-order chi connectivity index (χ1) is 21.7. The van der Waals surface area contributed by atoms with E-state index in [0.717, 1.165) is 44.1 Å². The molecule has 0 aliphatic rings. The maximum absolute atomic E-state index is 12.7. The van der Waals surface area contributed by atoms with Gasteiger partial charge < -0.3 is 15.2 Å². The second kappa shape index (κ2) is 25.1. The highest BCUT2D eigenvalue weighted by atomic mass is 16.5. The van der Waals surface area contributed by atoms with Crippen molar-refractivity contribution in [2.24, 2.45) is 0 Å². The number of esters is 1. The van der Waals surface area contributed by atoms with Crippen LogP contribution in [0, 0.1) is 6.92 Å². The molecule has 0 heterocycles. The Bertz CT molecular complexity index is 1230. The van der Waals surface area contributed by atoms with Crippen molar-refractivity contribution in [3.63, 3.8) is 0 Å². The van der Waals surface area contributed by atoms with Gasteiger partial charge in [-0.1, -0.05) is 92.3 Å². The molecule has 0 radical (unpaired) electrons. The number of amides is 1. The monoisotopic (exact) mass is 617 g/mol. The van der Waals surface area contributed by atoms with E-state index in [4.69, 9.17) is 4.74 Å². The average Bonchev–Trinajstić information content (AvgIpc) is 2.99. The number of carbonyl (C=O) groups excluding carboxylic acids is 3. The number of carboxylic acid groups (broad SMARTS) is 1. The molecule has 0 bridgehead atoms. The Morgan fingerprint density at radius 2 is 1.31 bits per heavy atom. The van der Waals surface area contributed by atoms with Gasteiger partial charge in [-0.3, -0.25) is 14.4 Å². The molecule has 45 heavy (non-hydrogen) atoms. The zero-order valence-corrected chi connectivity index (χ0v) is 27.2. The first-order valence-corrected chi connectivity index (χ1v) is 16.0. The molecule has 0 aromatic heterocycles. The van der Waals surface area contributed by atoms with Gasteiger partial charge in [0.15, 0.2) is 0 Å². The van der Waals surface area contributed by atoms with Crippen molar-refractivity contribution in [3.05, 3.63) is 102 Å². The number of benzene rings is 1. The summed E-state index contributed by atoms with van der Waals surface area (Å²) in [5.41, 5.74) is 0.884.